The van der Waals surface area contributed by atoms with Gasteiger partial charge in [-0.15, -0.1) is 0 Å². The number of pyridine rings is 3. The summed E-state index contributed by atoms with van der Waals surface area (Å²) in [5, 5.41) is 0. The second-order valence-corrected chi connectivity index (χ2v) is 29.5. The normalized spacial score (nSPS) is 18.6. The second kappa shape index (κ2) is 48.3. The number of benzene rings is 3. The minimum Gasteiger partial charge on any atom is -0.494 e. The highest BCUT2D eigenvalue weighted by Gasteiger charge is 2.26. The topological polar surface area (TPSA) is 66.4 Å². The van der Waals surface area contributed by atoms with Crippen LogP contribution in [-0.2, 0) is 0 Å². The Hall–Kier alpha value is -5.49. The molecule has 0 aliphatic heterocycles. The van der Waals surface area contributed by atoms with E-state index in [-0.39, 0.29) is 0 Å². The van der Waals surface area contributed by atoms with E-state index in [1.165, 1.54) is 301 Å². The van der Waals surface area contributed by atoms with E-state index in [0.29, 0.717) is 17.8 Å². The molecule has 0 bridgehead atoms. The summed E-state index contributed by atoms with van der Waals surface area (Å²) < 4.78 is 17.7. The predicted octanol–water partition coefficient (Wildman–Crippen LogP) is 28.0. The molecular weight excluding hydrogens is 1170 g/mol. The lowest BCUT2D eigenvalue weighted by molar-refractivity contribution is 0.299. The van der Waals surface area contributed by atoms with Crippen LogP contribution in [0.5, 0.6) is 17.2 Å². The van der Waals surface area contributed by atoms with E-state index >= 15 is 0 Å². The van der Waals surface area contributed by atoms with Gasteiger partial charge in [0, 0.05) is 70.1 Å². The molecule has 0 spiro atoms. The molecule has 0 amide bonds. The first-order valence-corrected chi connectivity index (χ1v) is 40.5. The van der Waals surface area contributed by atoms with Gasteiger partial charge in [0.15, 0.2) is 0 Å². The van der Waals surface area contributed by atoms with E-state index in [9.17, 15) is 0 Å². The van der Waals surface area contributed by atoms with Crippen molar-refractivity contribution in [3.63, 3.8) is 0 Å². The Kier molecular flexibility index (Phi) is 39.2. The fourth-order valence-corrected chi connectivity index (χ4v) is 15.2. The lowest BCUT2D eigenvalue weighted by atomic mass is 9.78. The second-order valence-electron chi connectivity index (χ2n) is 29.5. The molecule has 9 rings (SSSR count). The average Bonchev–Trinajstić information content (AvgIpc) is 0.921. The fraction of sp³-hybridized carbons (Fsp3) is 0.633. The van der Waals surface area contributed by atoms with Gasteiger partial charge in [-0.05, 0) is 185 Å². The van der Waals surface area contributed by atoms with Gasteiger partial charge in [-0.25, -0.2) is 0 Å². The third-order valence-corrected chi connectivity index (χ3v) is 21.7. The Morgan fingerprint density at radius 1 is 0.240 bits per heavy atom. The zero-order valence-corrected chi connectivity index (χ0v) is 62.0. The number of hydrogen-bond acceptors (Lipinski definition) is 6. The maximum absolute atomic E-state index is 5.93. The minimum atomic E-state index is 0.656. The molecule has 3 aliphatic rings. The van der Waals surface area contributed by atoms with Crippen molar-refractivity contribution in [1.82, 2.24) is 15.0 Å². The van der Waals surface area contributed by atoms with Crippen molar-refractivity contribution >= 4 is 0 Å². The van der Waals surface area contributed by atoms with Gasteiger partial charge in [-0.3, -0.25) is 15.0 Å². The Morgan fingerprint density at radius 3 is 0.698 bits per heavy atom. The van der Waals surface area contributed by atoms with E-state index in [0.717, 1.165) is 74.1 Å². The van der Waals surface area contributed by atoms with Gasteiger partial charge in [0.05, 0.1) is 19.8 Å². The molecule has 0 saturated heterocycles. The summed E-state index contributed by atoms with van der Waals surface area (Å²) in [7, 11) is 0. The molecular formula is C90H135N3O3. The van der Waals surface area contributed by atoms with Crippen molar-refractivity contribution in [2.75, 3.05) is 19.8 Å². The molecule has 96 heavy (non-hydrogen) atoms. The van der Waals surface area contributed by atoms with Gasteiger partial charge in [0.25, 0.3) is 0 Å². The van der Waals surface area contributed by atoms with Crippen LogP contribution in [0.2, 0.25) is 0 Å². The number of ether oxygens (including phenoxy) is 3. The zero-order chi connectivity index (χ0) is 67.3. The first kappa shape index (κ1) is 77.9. The van der Waals surface area contributed by atoms with Gasteiger partial charge in [-0.2, -0.15) is 0 Å². The Bertz CT molecular complexity index is 2810. The molecule has 528 valence electrons. The summed E-state index contributed by atoms with van der Waals surface area (Å²) in [6, 6.07) is 39.1. The molecule has 6 heteroatoms. The van der Waals surface area contributed by atoms with Crippen LogP contribution in [0.25, 0.3) is 33.4 Å². The lowest BCUT2D eigenvalue weighted by Gasteiger charge is -2.28. The van der Waals surface area contributed by atoms with E-state index in [4.69, 9.17) is 29.2 Å². The summed E-state index contributed by atoms with van der Waals surface area (Å²) in [6.07, 6.45) is 62.6. The van der Waals surface area contributed by atoms with E-state index in [2.05, 4.69) is 169 Å². The van der Waals surface area contributed by atoms with Gasteiger partial charge in [0.1, 0.15) is 17.2 Å². The van der Waals surface area contributed by atoms with E-state index in [1.54, 1.807) is 0 Å². The molecule has 0 unspecified atom stereocenters. The van der Waals surface area contributed by atoms with Gasteiger partial charge in [-0.1, -0.05) is 270 Å². The van der Waals surface area contributed by atoms with E-state index < -0.39 is 0 Å². The highest BCUT2D eigenvalue weighted by molar-refractivity contribution is 5.65. The molecule has 0 atom stereocenters. The predicted molar refractivity (Wildman–Crippen MR) is 412 cm³/mol. The molecule has 3 aliphatic carbocycles. The van der Waals surface area contributed by atoms with Crippen molar-refractivity contribution in [3.8, 4) is 50.6 Å². The fourth-order valence-electron chi connectivity index (χ4n) is 15.2. The number of aromatic nitrogens is 3. The van der Waals surface area contributed by atoms with Crippen molar-refractivity contribution in [2.45, 2.75) is 329 Å². The van der Waals surface area contributed by atoms with Crippen LogP contribution in [0.1, 0.15) is 346 Å². The first-order valence-electron chi connectivity index (χ1n) is 40.5. The van der Waals surface area contributed by atoms with Crippen molar-refractivity contribution in [2.24, 2.45) is 17.8 Å². The average molecular weight is 1310 g/mol. The highest BCUT2D eigenvalue weighted by Crippen LogP contribution is 2.41. The number of unbranched alkanes of at least 4 members (excludes halogenated alkanes) is 21. The van der Waals surface area contributed by atoms with Crippen molar-refractivity contribution in [3.05, 3.63) is 145 Å². The highest BCUT2D eigenvalue weighted by atomic mass is 16.5. The minimum absolute atomic E-state index is 0.656. The van der Waals surface area contributed by atoms with Crippen LogP contribution >= 0.6 is 0 Å². The third-order valence-electron chi connectivity index (χ3n) is 21.7. The van der Waals surface area contributed by atoms with Gasteiger partial charge >= 0.3 is 0 Å². The number of nitrogens with zero attached hydrogens (tertiary/aromatic N) is 3. The molecule has 0 radical (unpaired) electrons. The molecule has 6 aromatic rings. The van der Waals surface area contributed by atoms with Crippen LogP contribution < -0.4 is 14.2 Å². The molecule has 3 fully saturated rings. The number of hydrogen-bond donors (Lipinski definition) is 0. The molecule has 3 aromatic heterocycles. The van der Waals surface area contributed by atoms with Gasteiger partial charge in [0.2, 0.25) is 0 Å². The first-order chi connectivity index (χ1) is 47.4. The van der Waals surface area contributed by atoms with Crippen LogP contribution in [-0.4, -0.2) is 34.8 Å². The van der Waals surface area contributed by atoms with Crippen LogP contribution in [0, 0.1) is 17.8 Å². The van der Waals surface area contributed by atoms with Gasteiger partial charge < -0.3 is 14.2 Å². The summed E-state index contributed by atoms with van der Waals surface area (Å²) in [4.78, 5) is 14.6. The molecule has 3 saturated carbocycles. The van der Waals surface area contributed by atoms with Crippen LogP contribution in [0.4, 0.5) is 0 Å². The SMILES string of the molecule is CCCCCCCCOc1ccc(-c2ccc(C3CCC(CCCCCC)CC3)nc2)cc1.CCCCCCCOc1ccc(-c2ccc(C3CCC(CCCCCC)CC3)nc2)cc1.CCCCCCOc1ccc(-c2ccc(C3CCC(CCCCCC)CC3)nc2)cc1. The lowest BCUT2D eigenvalue weighted by Crippen LogP contribution is -2.14. The zero-order valence-electron chi connectivity index (χ0n) is 62.0. The van der Waals surface area contributed by atoms with Crippen molar-refractivity contribution < 1.29 is 14.2 Å². The third kappa shape index (κ3) is 29.9. The van der Waals surface area contributed by atoms with Crippen molar-refractivity contribution in [1.29, 1.82) is 0 Å². The largest absolute Gasteiger partial charge is 0.494 e. The summed E-state index contributed by atoms with van der Waals surface area (Å²) in [5.41, 5.74) is 11.1. The van der Waals surface area contributed by atoms with E-state index in [1.807, 2.05) is 0 Å². The maximum atomic E-state index is 5.93. The summed E-state index contributed by atoms with van der Waals surface area (Å²) in [6.45, 7) is 16.1. The van der Waals surface area contributed by atoms with Crippen LogP contribution in [0.3, 0.4) is 0 Å². The maximum Gasteiger partial charge on any atom is 0.119 e. The standard InChI is InChI=1S/C31H47NO.C30H45NO.C29H43NO/c1-3-5-7-9-10-12-24-33-30-21-18-27(19-22-30)29-20-23-31(32-25-29)28-16-14-26(15-17-28)13-11-8-6-4-2;1-3-5-7-9-11-23-32-29-20-17-26(18-21-29)28-19-22-30(31-24-28)27-15-13-25(14-16-27)12-10-8-6-4-2;1-3-5-7-9-11-24-12-14-26(15-13-24)29-21-18-27(23-30-29)25-16-19-28(20-17-25)31-22-10-8-6-4-2/h18-23,25-26,28H,3-17,24H2,1-2H3;17-22,24-25,27H,3-16,23H2,1-2H3;16-21,23-24,26H,3-15,22H2,1-2H3. The number of rotatable bonds is 42. The summed E-state index contributed by atoms with van der Waals surface area (Å²) >= 11 is 0. The Balaban J connectivity index is 0.000000203. The Morgan fingerprint density at radius 2 is 0.458 bits per heavy atom. The monoisotopic (exact) mass is 1310 g/mol. The molecule has 3 aromatic carbocycles. The smallest absolute Gasteiger partial charge is 0.119 e. The molecule has 0 N–H and O–H groups in total. The summed E-state index contributed by atoms with van der Waals surface area (Å²) in [5.74, 6) is 7.76. The molecule has 6 nitrogen and oxygen atoms in total. The molecule has 3 heterocycles. The van der Waals surface area contributed by atoms with Crippen LogP contribution in [0.15, 0.2) is 128 Å². The Labute approximate surface area is 588 Å². The quantitative estimate of drug-likeness (QED) is 0.0356.